The molecule has 0 bridgehead atoms. The number of hydrogen-bond donors (Lipinski definition) is 1. The van der Waals surface area contributed by atoms with E-state index >= 15 is 0 Å². The van der Waals surface area contributed by atoms with Crippen molar-refractivity contribution in [3.8, 4) is 0 Å². The van der Waals surface area contributed by atoms with Gasteiger partial charge in [0, 0.05) is 32.8 Å². The molecule has 0 radical (unpaired) electrons. The quantitative estimate of drug-likeness (QED) is 0.615. The molecule has 0 atom stereocenters. The Kier molecular flexibility index (Phi) is 4.16. The molecule has 1 aromatic rings. The maximum atomic E-state index is 11.4. The molecule has 0 aliphatic heterocycles. The number of nitrogens with zero attached hydrogens (tertiary/aromatic N) is 2. The summed E-state index contributed by atoms with van der Waals surface area (Å²) in [5.74, 6) is 0. The van der Waals surface area contributed by atoms with Gasteiger partial charge in [-0.25, -0.2) is 0 Å². The van der Waals surface area contributed by atoms with Crippen LogP contribution in [0.1, 0.15) is 5.56 Å². The molecule has 0 aliphatic carbocycles. The van der Waals surface area contributed by atoms with E-state index in [1.165, 1.54) is 38.4 Å². The second kappa shape index (κ2) is 5.21. The fraction of sp³-hybridized carbons (Fsp3) is 0.333. The van der Waals surface area contributed by atoms with Crippen LogP contribution >= 0.6 is 0 Å². The SMILES string of the molecule is CN(C)S(=O)(=O)NCc1ccc([N+](=O)[O-])cc1. The van der Waals surface area contributed by atoms with Gasteiger partial charge >= 0.3 is 0 Å². The van der Waals surface area contributed by atoms with Crippen molar-refractivity contribution < 1.29 is 13.3 Å². The summed E-state index contributed by atoms with van der Waals surface area (Å²) in [6.07, 6.45) is 0. The van der Waals surface area contributed by atoms with Gasteiger partial charge in [0.2, 0.25) is 0 Å². The fourth-order valence-corrected chi connectivity index (χ4v) is 1.65. The average molecular weight is 259 g/mol. The molecule has 0 aliphatic rings. The Hall–Kier alpha value is -1.51. The predicted octanol–water partition coefficient (Wildman–Crippen LogP) is 0.491. The number of non-ortho nitro benzene ring substituents is 1. The smallest absolute Gasteiger partial charge is 0.258 e. The molecule has 0 saturated heterocycles. The Labute approximate surface area is 99.4 Å². The molecule has 0 aromatic heterocycles. The predicted molar refractivity (Wildman–Crippen MR) is 62.5 cm³/mol. The molecule has 7 nitrogen and oxygen atoms in total. The van der Waals surface area contributed by atoms with E-state index in [1.54, 1.807) is 0 Å². The maximum Gasteiger partial charge on any atom is 0.279 e. The third kappa shape index (κ3) is 3.77. The molecule has 1 rings (SSSR count). The van der Waals surface area contributed by atoms with Crippen molar-refractivity contribution in [2.45, 2.75) is 6.54 Å². The molecule has 1 aromatic carbocycles. The summed E-state index contributed by atoms with van der Waals surface area (Å²) < 4.78 is 26.2. The minimum Gasteiger partial charge on any atom is -0.258 e. The van der Waals surface area contributed by atoms with Gasteiger partial charge in [0.15, 0.2) is 0 Å². The van der Waals surface area contributed by atoms with Gasteiger partial charge in [0.1, 0.15) is 0 Å². The van der Waals surface area contributed by atoms with Crippen molar-refractivity contribution >= 4 is 15.9 Å². The fourth-order valence-electron chi connectivity index (χ4n) is 1.04. The van der Waals surface area contributed by atoms with Crippen LogP contribution in [-0.2, 0) is 16.8 Å². The molecule has 0 spiro atoms. The molecule has 8 heteroatoms. The highest BCUT2D eigenvalue weighted by atomic mass is 32.2. The van der Waals surface area contributed by atoms with E-state index in [2.05, 4.69) is 4.72 Å². The third-order valence-electron chi connectivity index (χ3n) is 2.09. The normalized spacial score (nSPS) is 11.7. The van der Waals surface area contributed by atoms with Crippen molar-refractivity contribution in [3.05, 3.63) is 39.9 Å². The number of rotatable bonds is 5. The van der Waals surface area contributed by atoms with Crippen LogP contribution in [0.4, 0.5) is 5.69 Å². The van der Waals surface area contributed by atoms with Crippen LogP contribution in [-0.4, -0.2) is 31.7 Å². The third-order valence-corrected chi connectivity index (χ3v) is 3.56. The molecule has 17 heavy (non-hydrogen) atoms. The topological polar surface area (TPSA) is 92.6 Å². The molecular formula is C9H13N3O4S. The summed E-state index contributed by atoms with van der Waals surface area (Å²) in [5, 5.41) is 10.4. The lowest BCUT2D eigenvalue weighted by Gasteiger charge is -2.12. The van der Waals surface area contributed by atoms with Gasteiger partial charge in [-0.15, -0.1) is 0 Å². The van der Waals surface area contributed by atoms with Gasteiger partial charge in [-0.3, -0.25) is 10.1 Å². The average Bonchev–Trinajstić information content (AvgIpc) is 2.27. The molecular weight excluding hydrogens is 246 g/mol. The zero-order valence-electron chi connectivity index (χ0n) is 9.45. The minimum absolute atomic E-state index is 0.0239. The van der Waals surface area contributed by atoms with Crippen LogP contribution in [0.2, 0.25) is 0 Å². The standard InChI is InChI=1S/C9H13N3O4S/c1-11(2)17(15,16)10-7-8-3-5-9(6-4-8)12(13)14/h3-6,10H,7H2,1-2H3. The second-order valence-corrected chi connectivity index (χ2v) is 5.50. The second-order valence-electron chi connectivity index (χ2n) is 3.53. The summed E-state index contributed by atoms with van der Waals surface area (Å²) in [5.41, 5.74) is 0.630. The lowest BCUT2D eigenvalue weighted by Crippen LogP contribution is -2.35. The monoisotopic (exact) mass is 259 g/mol. The van der Waals surface area contributed by atoms with E-state index in [9.17, 15) is 18.5 Å². The van der Waals surface area contributed by atoms with E-state index in [4.69, 9.17) is 0 Å². The van der Waals surface area contributed by atoms with E-state index in [-0.39, 0.29) is 12.2 Å². The number of benzene rings is 1. The first-order chi connectivity index (χ1) is 7.83. The summed E-state index contributed by atoms with van der Waals surface area (Å²) in [6.45, 7) is 0.0957. The molecule has 0 fully saturated rings. The minimum atomic E-state index is -3.47. The van der Waals surface area contributed by atoms with Crippen LogP contribution in [0.3, 0.4) is 0 Å². The van der Waals surface area contributed by atoms with Crippen LogP contribution in [0.25, 0.3) is 0 Å². The van der Waals surface area contributed by atoms with Crippen molar-refractivity contribution in [3.63, 3.8) is 0 Å². The van der Waals surface area contributed by atoms with Gasteiger partial charge in [-0.2, -0.15) is 17.4 Å². The van der Waals surface area contributed by atoms with E-state index in [0.29, 0.717) is 5.56 Å². The molecule has 0 heterocycles. The Morgan fingerprint density at radius 3 is 2.24 bits per heavy atom. The molecule has 1 N–H and O–H groups in total. The van der Waals surface area contributed by atoms with Crippen molar-refractivity contribution in [1.82, 2.24) is 9.03 Å². The summed E-state index contributed by atoms with van der Waals surface area (Å²) in [7, 11) is -0.644. The summed E-state index contributed by atoms with van der Waals surface area (Å²) in [4.78, 5) is 9.90. The Bertz CT molecular complexity index is 495. The lowest BCUT2D eigenvalue weighted by atomic mass is 10.2. The highest BCUT2D eigenvalue weighted by Gasteiger charge is 2.12. The lowest BCUT2D eigenvalue weighted by molar-refractivity contribution is -0.384. The maximum absolute atomic E-state index is 11.4. The van der Waals surface area contributed by atoms with Gasteiger partial charge in [0.25, 0.3) is 15.9 Å². The zero-order valence-corrected chi connectivity index (χ0v) is 10.3. The summed E-state index contributed by atoms with van der Waals surface area (Å²) in [6, 6.07) is 5.69. The van der Waals surface area contributed by atoms with Gasteiger partial charge in [-0.1, -0.05) is 12.1 Å². The van der Waals surface area contributed by atoms with Gasteiger partial charge in [0.05, 0.1) is 4.92 Å². The molecule has 0 saturated carbocycles. The van der Waals surface area contributed by atoms with Crippen molar-refractivity contribution in [2.75, 3.05) is 14.1 Å². The first-order valence-electron chi connectivity index (χ1n) is 4.73. The number of nitro groups is 1. The van der Waals surface area contributed by atoms with E-state index in [0.717, 1.165) is 4.31 Å². The first-order valence-corrected chi connectivity index (χ1v) is 6.17. The molecule has 0 unspecified atom stereocenters. The largest absolute Gasteiger partial charge is 0.279 e. The number of nitrogens with one attached hydrogen (secondary N) is 1. The van der Waals surface area contributed by atoms with Crippen LogP contribution in [0.5, 0.6) is 0 Å². The highest BCUT2D eigenvalue weighted by Crippen LogP contribution is 2.11. The number of nitro benzene ring substituents is 1. The number of hydrogen-bond acceptors (Lipinski definition) is 4. The van der Waals surface area contributed by atoms with Crippen LogP contribution in [0.15, 0.2) is 24.3 Å². The van der Waals surface area contributed by atoms with Crippen molar-refractivity contribution in [1.29, 1.82) is 0 Å². The zero-order chi connectivity index (χ0) is 13.1. The van der Waals surface area contributed by atoms with E-state index in [1.807, 2.05) is 0 Å². The van der Waals surface area contributed by atoms with Gasteiger partial charge < -0.3 is 0 Å². The van der Waals surface area contributed by atoms with E-state index < -0.39 is 15.1 Å². The molecule has 0 amide bonds. The van der Waals surface area contributed by atoms with Crippen LogP contribution in [0, 0.1) is 10.1 Å². The Balaban J connectivity index is 2.68. The molecule has 94 valence electrons. The Morgan fingerprint density at radius 1 is 1.29 bits per heavy atom. The van der Waals surface area contributed by atoms with Gasteiger partial charge in [-0.05, 0) is 5.56 Å². The summed E-state index contributed by atoms with van der Waals surface area (Å²) >= 11 is 0. The first kappa shape index (κ1) is 13.6. The highest BCUT2D eigenvalue weighted by molar-refractivity contribution is 7.87. The Morgan fingerprint density at radius 2 is 1.82 bits per heavy atom. The van der Waals surface area contributed by atoms with Crippen molar-refractivity contribution in [2.24, 2.45) is 0 Å². The van der Waals surface area contributed by atoms with Crippen LogP contribution < -0.4 is 4.72 Å².